The molecule has 1 fully saturated rings. The summed E-state index contributed by atoms with van der Waals surface area (Å²) in [4.78, 5) is 21.4. The van der Waals surface area contributed by atoms with Crippen LogP contribution in [-0.2, 0) is 12.7 Å². The number of carbonyl (C=O) groups excluding carboxylic acids is 1. The van der Waals surface area contributed by atoms with Crippen molar-refractivity contribution in [2.45, 2.75) is 19.6 Å². The van der Waals surface area contributed by atoms with E-state index < -0.39 is 17.6 Å². The van der Waals surface area contributed by atoms with Crippen LogP contribution in [-0.4, -0.2) is 68.5 Å². The minimum absolute atomic E-state index is 0.0412. The van der Waals surface area contributed by atoms with Crippen LogP contribution in [0.3, 0.4) is 0 Å². The van der Waals surface area contributed by atoms with E-state index in [2.05, 4.69) is 37.2 Å². The third-order valence-electron chi connectivity index (χ3n) is 6.69. The Hall–Kier alpha value is -3.98. The van der Waals surface area contributed by atoms with Crippen LogP contribution in [0.25, 0.3) is 5.65 Å². The number of alkyl halides is 3. The molecule has 4 heterocycles. The molecule has 1 N–H and O–H groups in total. The first-order valence-corrected chi connectivity index (χ1v) is 12.9. The second kappa shape index (κ2) is 11.3. The molecule has 40 heavy (non-hydrogen) atoms. The molecule has 5 rings (SSSR count). The molecular formula is C28H25ClF3N7O. The maximum absolute atomic E-state index is 13.9. The van der Waals surface area contributed by atoms with Crippen molar-refractivity contribution in [3.05, 3.63) is 87.6 Å². The summed E-state index contributed by atoms with van der Waals surface area (Å²) >= 11 is 6.06. The molecule has 1 aliphatic heterocycles. The maximum Gasteiger partial charge on any atom is 0.416 e. The molecule has 0 bridgehead atoms. The van der Waals surface area contributed by atoms with Gasteiger partial charge in [-0.1, -0.05) is 23.6 Å². The summed E-state index contributed by atoms with van der Waals surface area (Å²) < 4.78 is 43.5. The minimum atomic E-state index is -4.56. The molecule has 0 radical (unpaired) electrons. The lowest BCUT2D eigenvalue weighted by molar-refractivity contribution is -0.138. The van der Waals surface area contributed by atoms with Crippen molar-refractivity contribution in [2.24, 2.45) is 0 Å². The molecule has 0 atom stereocenters. The third-order valence-corrected chi connectivity index (χ3v) is 6.91. The lowest BCUT2D eigenvalue weighted by Crippen LogP contribution is -2.44. The highest BCUT2D eigenvalue weighted by molar-refractivity contribution is 6.30. The van der Waals surface area contributed by atoms with Gasteiger partial charge < -0.3 is 10.2 Å². The van der Waals surface area contributed by atoms with E-state index in [4.69, 9.17) is 11.6 Å². The summed E-state index contributed by atoms with van der Waals surface area (Å²) in [6.07, 6.45) is -1.57. The first-order chi connectivity index (χ1) is 19.1. The van der Waals surface area contributed by atoms with Crippen LogP contribution in [0.5, 0.6) is 0 Å². The number of aromatic nitrogens is 4. The molecule has 0 spiro atoms. The number of benzene rings is 1. The number of pyridine rings is 2. The predicted molar refractivity (Wildman–Crippen MR) is 145 cm³/mol. The fourth-order valence-corrected chi connectivity index (χ4v) is 4.52. The van der Waals surface area contributed by atoms with E-state index in [1.54, 1.807) is 29.7 Å². The van der Waals surface area contributed by atoms with Gasteiger partial charge in [0.2, 0.25) is 5.82 Å². The number of fused-ring (bicyclic) bond motifs is 1. The van der Waals surface area contributed by atoms with Gasteiger partial charge in [0.1, 0.15) is 0 Å². The molecule has 1 saturated heterocycles. The van der Waals surface area contributed by atoms with Crippen LogP contribution in [0.1, 0.15) is 38.6 Å². The zero-order valence-corrected chi connectivity index (χ0v) is 22.5. The maximum atomic E-state index is 13.9. The third kappa shape index (κ3) is 6.25. The summed E-state index contributed by atoms with van der Waals surface area (Å²) in [6, 6.07) is 8.83. The Morgan fingerprint density at radius 1 is 1.07 bits per heavy atom. The van der Waals surface area contributed by atoms with E-state index in [1.165, 1.54) is 24.4 Å². The number of likely N-dealkylation sites (N-methyl/N-ethyl adjacent to an activating group) is 1. The lowest BCUT2D eigenvalue weighted by Gasteiger charge is -2.33. The number of carbonyl (C=O) groups is 1. The molecule has 0 aliphatic carbocycles. The van der Waals surface area contributed by atoms with Crippen molar-refractivity contribution in [3.63, 3.8) is 0 Å². The molecule has 1 amide bonds. The highest BCUT2D eigenvalue weighted by atomic mass is 35.5. The largest absolute Gasteiger partial charge is 0.416 e. The number of hydrogen-bond donors (Lipinski definition) is 1. The summed E-state index contributed by atoms with van der Waals surface area (Å²) in [7, 11) is 1.99. The van der Waals surface area contributed by atoms with Crippen molar-refractivity contribution in [2.75, 3.05) is 38.5 Å². The zero-order chi connectivity index (χ0) is 28.4. The number of piperazine rings is 1. The Morgan fingerprint density at radius 3 is 2.60 bits per heavy atom. The SMILES string of the molecule is Cc1ncc(C(=O)Nc2ccc(CN3CCN(C)CC3)c(C(F)(F)F)c2)cc1C#Cc1nnc2ccc(Cl)cn12. The average molecular weight is 568 g/mol. The first kappa shape index (κ1) is 27.6. The van der Waals surface area contributed by atoms with Gasteiger partial charge in [0.05, 0.1) is 21.8 Å². The standard InChI is InChI=1S/C28H25ClF3N7O/c1-18-19(4-7-25-35-36-26-8-5-22(29)17-39(25)26)13-21(15-33-18)27(40)34-23-6-3-20(24(14-23)28(30,31)32)16-38-11-9-37(2)10-12-38/h3,5-6,8,13-15,17H,9-12,16H2,1-2H3,(H,34,40). The van der Waals surface area contributed by atoms with Crippen molar-refractivity contribution in [1.29, 1.82) is 0 Å². The zero-order valence-electron chi connectivity index (χ0n) is 21.8. The van der Waals surface area contributed by atoms with Crippen molar-refractivity contribution >= 4 is 28.8 Å². The number of rotatable bonds is 4. The van der Waals surface area contributed by atoms with Crippen LogP contribution in [0.4, 0.5) is 18.9 Å². The van der Waals surface area contributed by atoms with E-state index in [1.807, 2.05) is 11.9 Å². The van der Waals surface area contributed by atoms with Crippen molar-refractivity contribution in [1.82, 2.24) is 29.4 Å². The monoisotopic (exact) mass is 567 g/mol. The first-order valence-electron chi connectivity index (χ1n) is 12.5. The molecule has 0 saturated carbocycles. The molecule has 4 aromatic rings. The van der Waals surface area contributed by atoms with E-state index in [-0.39, 0.29) is 23.4 Å². The Balaban J connectivity index is 1.35. The smallest absolute Gasteiger partial charge is 0.322 e. The van der Waals surface area contributed by atoms with Crippen molar-refractivity contribution in [3.8, 4) is 11.8 Å². The van der Waals surface area contributed by atoms with E-state index in [9.17, 15) is 18.0 Å². The minimum Gasteiger partial charge on any atom is -0.322 e. The summed E-state index contributed by atoms with van der Waals surface area (Å²) in [5.41, 5.74) is 1.21. The average Bonchev–Trinajstić information content (AvgIpc) is 3.31. The van der Waals surface area contributed by atoms with Gasteiger partial charge in [-0.25, -0.2) is 0 Å². The van der Waals surface area contributed by atoms with Gasteiger partial charge in [0, 0.05) is 56.4 Å². The predicted octanol–water partition coefficient (Wildman–Crippen LogP) is 4.50. The molecular weight excluding hydrogens is 543 g/mol. The van der Waals surface area contributed by atoms with Crippen LogP contribution < -0.4 is 5.32 Å². The second-order valence-electron chi connectivity index (χ2n) is 9.61. The van der Waals surface area contributed by atoms with Gasteiger partial charge in [-0.15, -0.1) is 10.2 Å². The van der Waals surface area contributed by atoms with Crippen LogP contribution in [0.2, 0.25) is 5.02 Å². The Morgan fingerprint density at radius 2 is 1.85 bits per heavy atom. The molecule has 206 valence electrons. The Kier molecular flexibility index (Phi) is 7.76. The van der Waals surface area contributed by atoms with Gasteiger partial charge in [0.15, 0.2) is 5.65 Å². The van der Waals surface area contributed by atoms with Crippen LogP contribution in [0, 0.1) is 18.8 Å². The van der Waals surface area contributed by atoms with E-state index in [0.29, 0.717) is 40.8 Å². The Bertz CT molecular complexity index is 1630. The molecule has 0 unspecified atom stereocenters. The summed E-state index contributed by atoms with van der Waals surface area (Å²) in [5, 5.41) is 11.2. The van der Waals surface area contributed by atoms with Crippen LogP contribution in [0.15, 0.2) is 48.8 Å². The number of halogens is 4. The van der Waals surface area contributed by atoms with Crippen molar-refractivity contribution < 1.29 is 18.0 Å². The highest BCUT2D eigenvalue weighted by Crippen LogP contribution is 2.34. The molecule has 8 nitrogen and oxygen atoms in total. The molecule has 3 aromatic heterocycles. The van der Waals surface area contributed by atoms with Gasteiger partial charge in [-0.05, 0) is 55.8 Å². The number of aryl methyl sites for hydroxylation is 1. The Labute approximate surface area is 233 Å². The quantitative estimate of drug-likeness (QED) is 0.366. The normalized spacial score (nSPS) is 14.7. The molecule has 1 aliphatic rings. The number of hydrogen-bond acceptors (Lipinski definition) is 6. The number of anilines is 1. The van der Waals surface area contributed by atoms with Gasteiger partial charge in [-0.2, -0.15) is 13.2 Å². The summed E-state index contributed by atoms with van der Waals surface area (Å²) in [6.45, 7) is 4.91. The van der Waals surface area contributed by atoms with Gasteiger partial charge in [-0.3, -0.25) is 19.1 Å². The molecule has 1 aromatic carbocycles. The number of amides is 1. The lowest BCUT2D eigenvalue weighted by atomic mass is 10.0. The fourth-order valence-electron chi connectivity index (χ4n) is 4.36. The number of nitrogens with zero attached hydrogens (tertiary/aromatic N) is 6. The number of nitrogens with one attached hydrogen (secondary N) is 1. The van der Waals surface area contributed by atoms with Crippen LogP contribution >= 0.6 is 11.6 Å². The van der Waals surface area contributed by atoms with Gasteiger partial charge >= 0.3 is 6.18 Å². The van der Waals surface area contributed by atoms with E-state index >= 15 is 0 Å². The summed E-state index contributed by atoms with van der Waals surface area (Å²) in [5.74, 6) is 5.61. The van der Waals surface area contributed by atoms with E-state index in [0.717, 1.165) is 19.2 Å². The van der Waals surface area contributed by atoms with Gasteiger partial charge in [0.25, 0.3) is 5.91 Å². The second-order valence-corrected chi connectivity index (χ2v) is 10.0. The highest BCUT2D eigenvalue weighted by Gasteiger charge is 2.34. The molecule has 12 heteroatoms. The topological polar surface area (TPSA) is 78.7 Å². The fraction of sp³-hybridized carbons (Fsp3) is 0.286.